The first kappa shape index (κ1) is 71.8. The molecule has 0 aliphatic carbocycles. The number of hydrogen-bond donors (Lipinski definition) is 0. The summed E-state index contributed by atoms with van der Waals surface area (Å²) in [4.78, 5) is 37.3. The minimum atomic E-state index is -5.68. The first-order valence-electron chi connectivity index (χ1n) is 25.7. The van der Waals surface area contributed by atoms with Crippen molar-refractivity contribution in [1.82, 2.24) is 0 Å². The van der Waals surface area contributed by atoms with Crippen molar-refractivity contribution in [3.8, 4) is 0 Å². The molecule has 0 N–H and O–H groups in total. The molecule has 10 nitrogen and oxygen atoms in total. The molecule has 0 aliphatic rings. The van der Waals surface area contributed by atoms with E-state index in [4.69, 9.17) is 0 Å². The van der Waals surface area contributed by atoms with Crippen LogP contribution in [0.4, 0.5) is 0 Å². The van der Waals surface area contributed by atoms with Gasteiger partial charge in [-0.05, 0) is 77.0 Å². The molecule has 0 atom stereocenters. The molecule has 61 heavy (non-hydrogen) atoms. The number of rotatable bonds is 38. The molecule has 0 bridgehead atoms. The van der Waals surface area contributed by atoms with Crippen LogP contribution >= 0.6 is 15.6 Å². The van der Waals surface area contributed by atoms with Gasteiger partial charge in [0.2, 0.25) is 0 Å². The molecule has 0 aromatic carbocycles. The first-order chi connectivity index (χ1) is 28.4. The summed E-state index contributed by atoms with van der Waals surface area (Å²) < 4.78 is 25.4. The number of hydrogen-bond acceptors (Lipinski definition) is 7. The van der Waals surface area contributed by atoms with Gasteiger partial charge in [-0.15, -0.1) is 0 Å². The van der Waals surface area contributed by atoms with Crippen LogP contribution in [0.15, 0.2) is 0 Å². The van der Waals surface area contributed by atoms with Crippen molar-refractivity contribution in [2.24, 2.45) is 0 Å². The Bertz CT molecular complexity index is 753. The second-order valence-electron chi connectivity index (χ2n) is 17.9. The smallest absolute Gasteiger partial charge is 0.790 e. The van der Waals surface area contributed by atoms with Gasteiger partial charge in [-0.1, -0.05) is 160 Å². The molecule has 0 rings (SSSR count). The van der Waals surface area contributed by atoms with Crippen LogP contribution in [0.2, 0.25) is 0 Å². The van der Waals surface area contributed by atoms with Crippen LogP contribution in [0, 0.1) is 0 Å². The summed E-state index contributed by atoms with van der Waals surface area (Å²) in [7, 11) is -11.4. The zero-order valence-corrected chi connectivity index (χ0v) is 48.5. The fourth-order valence-corrected chi connectivity index (χ4v) is 9.04. The van der Waals surface area contributed by atoms with Crippen LogP contribution in [-0.4, -0.2) is 92.0 Å². The molecule has 0 fully saturated rings. The Labute approximate surface area is 425 Å². The SMILES string of the molecule is CCCC[N+](CCCC)(CCCC)CCCC.CCCC[N+](CCCC)(CCCC)CCCC.CCCC[N+](CCCC)(CCCC)CCCC.O=P([O-])([O-])OP(=O)([O-])[O-].[K+]. The molecule has 0 saturated heterocycles. The topological polar surface area (TPSA) is 136 Å². The van der Waals surface area contributed by atoms with Gasteiger partial charge in [-0.25, -0.2) is 0 Å². The van der Waals surface area contributed by atoms with Crippen LogP contribution in [0.5, 0.6) is 0 Å². The van der Waals surface area contributed by atoms with E-state index in [2.05, 4.69) is 87.4 Å². The predicted molar refractivity (Wildman–Crippen MR) is 254 cm³/mol. The Hall–Kier alpha value is 1.78. The molecule has 0 aliphatic heterocycles. The fourth-order valence-electron chi connectivity index (χ4n) is 8.06. The normalized spacial score (nSPS) is 12.1. The second-order valence-corrected chi connectivity index (χ2v) is 20.4. The van der Waals surface area contributed by atoms with Crippen LogP contribution in [-0.2, 0) is 13.4 Å². The maximum absolute atomic E-state index is 9.32. The van der Waals surface area contributed by atoms with E-state index in [9.17, 15) is 28.7 Å². The van der Waals surface area contributed by atoms with Crippen LogP contribution in [0.1, 0.15) is 237 Å². The van der Waals surface area contributed by atoms with Crippen LogP contribution in [0.25, 0.3) is 0 Å². The van der Waals surface area contributed by atoms with Gasteiger partial charge in [0, 0.05) is 0 Å². The number of phosphoric acid groups is 2. The van der Waals surface area contributed by atoms with Gasteiger partial charge < -0.3 is 46.5 Å². The van der Waals surface area contributed by atoms with Gasteiger partial charge in [0.05, 0.1) is 94.2 Å². The molecule has 368 valence electrons. The van der Waals surface area contributed by atoms with Crippen molar-refractivity contribution >= 4 is 15.6 Å². The standard InChI is InChI=1S/3C16H36N.K.H4O7P2/c3*1-5-9-13-17(14-10-6-2,15-11-7-3)16-12-8-4;;1-8(2,3)7-9(4,5)6/h3*5-16H2,1-4H3;;(H2,1,2,3)(H2,4,5,6)/q4*+1;/p-4. The van der Waals surface area contributed by atoms with Gasteiger partial charge in [-0.2, -0.15) is 0 Å². The molecule has 0 aromatic rings. The largest absolute Gasteiger partial charge is 1.00 e. The predicted octanol–water partition coefficient (Wildman–Crippen LogP) is 8.68. The van der Waals surface area contributed by atoms with Gasteiger partial charge in [0.15, 0.2) is 0 Å². The molecular weight excluding hydrogens is 832 g/mol. The molecule has 0 unspecified atom stereocenters. The van der Waals surface area contributed by atoms with Crippen molar-refractivity contribution in [3.63, 3.8) is 0 Å². The first-order valence-corrected chi connectivity index (χ1v) is 28.7. The van der Waals surface area contributed by atoms with Crippen molar-refractivity contribution < 1.29 is 97.8 Å². The van der Waals surface area contributed by atoms with Gasteiger partial charge in [0.25, 0.3) is 0 Å². The van der Waals surface area contributed by atoms with Gasteiger partial charge in [-0.3, -0.25) is 0 Å². The number of unbranched alkanes of at least 4 members (excludes halogenated alkanes) is 12. The summed E-state index contributed by atoms with van der Waals surface area (Å²) in [6, 6.07) is 0. The van der Waals surface area contributed by atoms with E-state index >= 15 is 0 Å². The number of quaternary nitrogens is 3. The molecule has 0 saturated carbocycles. The van der Waals surface area contributed by atoms with E-state index in [0.29, 0.717) is 0 Å². The summed E-state index contributed by atoms with van der Waals surface area (Å²) in [5, 5.41) is 0. The minimum Gasteiger partial charge on any atom is -0.790 e. The maximum Gasteiger partial charge on any atom is 1.00 e. The molecule has 0 amide bonds. The molecule has 13 heteroatoms. The van der Waals surface area contributed by atoms with Crippen LogP contribution < -0.4 is 71.0 Å². The maximum atomic E-state index is 9.32. The summed E-state index contributed by atoms with van der Waals surface area (Å²) in [5.74, 6) is 0. The third-order valence-corrected chi connectivity index (χ3v) is 13.6. The molecular formula is C48H108KN3O7P2. The second kappa shape index (κ2) is 48.2. The van der Waals surface area contributed by atoms with E-state index < -0.39 is 15.6 Å². The third-order valence-electron chi connectivity index (χ3n) is 12.0. The van der Waals surface area contributed by atoms with Gasteiger partial charge in [0.1, 0.15) is 0 Å². The van der Waals surface area contributed by atoms with E-state index in [-0.39, 0.29) is 51.4 Å². The summed E-state index contributed by atoms with van der Waals surface area (Å²) in [6.45, 7) is 45.1. The molecule has 0 radical (unpaired) electrons. The van der Waals surface area contributed by atoms with E-state index in [1.807, 2.05) is 0 Å². The van der Waals surface area contributed by atoms with E-state index in [1.165, 1.54) is 246 Å². The van der Waals surface area contributed by atoms with E-state index in [0.717, 1.165) is 0 Å². The average Bonchev–Trinajstić information content (AvgIpc) is 3.21. The zero-order valence-electron chi connectivity index (χ0n) is 43.5. The summed E-state index contributed by atoms with van der Waals surface area (Å²) in [5.41, 5.74) is 0. The molecule has 0 aromatic heterocycles. The average molecular weight is 940 g/mol. The zero-order chi connectivity index (χ0) is 46.7. The Kier molecular flexibility index (Phi) is 56.8. The summed E-state index contributed by atoms with van der Waals surface area (Å²) in [6.07, 6.45) is 33.2. The van der Waals surface area contributed by atoms with Crippen molar-refractivity contribution in [2.75, 3.05) is 78.5 Å². The minimum absolute atomic E-state index is 0. The van der Waals surface area contributed by atoms with Gasteiger partial charge >= 0.3 is 51.4 Å². The van der Waals surface area contributed by atoms with Crippen molar-refractivity contribution in [2.45, 2.75) is 237 Å². The Morgan fingerprint density at radius 2 is 0.377 bits per heavy atom. The monoisotopic (exact) mass is 940 g/mol. The van der Waals surface area contributed by atoms with Crippen LogP contribution in [0.3, 0.4) is 0 Å². The quantitative estimate of drug-likeness (QED) is 0.0344. The Morgan fingerprint density at radius 1 is 0.279 bits per heavy atom. The van der Waals surface area contributed by atoms with Crippen molar-refractivity contribution in [3.05, 3.63) is 0 Å². The third kappa shape index (κ3) is 48.1. The molecule has 0 heterocycles. The fraction of sp³-hybridized carbons (Fsp3) is 1.00. The summed E-state index contributed by atoms with van der Waals surface area (Å²) >= 11 is 0. The molecule has 0 spiro atoms. The Morgan fingerprint density at radius 3 is 0.426 bits per heavy atom. The van der Waals surface area contributed by atoms with Crippen molar-refractivity contribution in [1.29, 1.82) is 0 Å². The number of nitrogens with zero attached hydrogens (tertiary/aromatic N) is 3. The Balaban J connectivity index is -0.000000232. The van der Waals surface area contributed by atoms with E-state index in [1.54, 1.807) is 0 Å².